The number of aliphatic carboxylic acids is 1. The molecule has 2 rings (SSSR count). The van der Waals surface area contributed by atoms with Crippen molar-refractivity contribution in [1.29, 1.82) is 0 Å². The second-order valence-corrected chi connectivity index (χ2v) is 6.94. The van der Waals surface area contributed by atoms with E-state index < -0.39 is 5.97 Å². The van der Waals surface area contributed by atoms with E-state index in [0.29, 0.717) is 12.6 Å². The summed E-state index contributed by atoms with van der Waals surface area (Å²) < 4.78 is 0. The smallest absolute Gasteiger partial charge is 0.303 e. The zero-order chi connectivity index (χ0) is 15.4. The molecule has 120 valence electrons. The molecule has 2 fully saturated rings. The fourth-order valence-corrected chi connectivity index (χ4v) is 3.69. The van der Waals surface area contributed by atoms with Crippen molar-refractivity contribution < 1.29 is 14.7 Å². The molecule has 1 amide bonds. The van der Waals surface area contributed by atoms with Gasteiger partial charge in [-0.1, -0.05) is 26.7 Å². The van der Waals surface area contributed by atoms with E-state index in [2.05, 4.69) is 5.32 Å². The highest BCUT2D eigenvalue weighted by Crippen LogP contribution is 2.24. The first kappa shape index (κ1) is 16.3. The number of hydrogen-bond donors (Lipinski definition) is 2. The van der Waals surface area contributed by atoms with Crippen LogP contribution in [0.2, 0.25) is 0 Å². The summed E-state index contributed by atoms with van der Waals surface area (Å²) in [5.41, 5.74) is 0. The second-order valence-electron chi connectivity index (χ2n) is 6.94. The average Bonchev–Trinajstić information content (AvgIpc) is 2.89. The molecule has 1 aliphatic heterocycles. The van der Waals surface area contributed by atoms with E-state index in [1.54, 1.807) is 0 Å². The highest BCUT2D eigenvalue weighted by molar-refractivity contribution is 5.78. The fourth-order valence-electron chi connectivity index (χ4n) is 3.69. The number of likely N-dealkylation sites (tertiary alicyclic amines) is 1. The molecule has 5 heteroatoms. The third kappa shape index (κ3) is 4.70. The normalized spacial score (nSPS) is 27.3. The van der Waals surface area contributed by atoms with E-state index in [0.717, 1.165) is 13.0 Å². The van der Waals surface area contributed by atoms with Gasteiger partial charge in [-0.25, -0.2) is 0 Å². The monoisotopic (exact) mass is 296 g/mol. The molecule has 1 saturated heterocycles. The summed E-state index contributed by atoms with van der Waals surface area (Å²) in [4.78, 5) is 25.1. The van der Waals surface area contributed by atoms with Crippen LogP contribution in [0.4, 0.5) is 0 Å². The molecule has 0 bridgehead atoms. The van der Waals surface area contributed by atoms with Crippen molar-refractivity contribution in [2.24, 2.45) is 11.8 Å². The van der Waals surface area contributed by atoms with Gasteiger partial charge in [0.15, 0.2) is 0 Å². The SMILES string of the molecule is CC(C)C(=O)N1CC(CC(=O)O)CC(NC2CCCC2)C1. The number of carboxylic acids is 1. The van der Waals surface area contributed by atoms with Crippen LogP contribution in [0.3, 0.4) is 0 Å². The first-order valence-electron chi connectivity index (χ1n) is 8.22. The summed E-state index contributed by atoms with van der Waals surface area (Å²) in [5.74, 6) is -0.583. The number of nitrogens with zero attached hydrogens (tertiary/aromatic N) is 1. The van der Waals surface area contributed by atoms with Crippen LogP contribution >= 0.6 is 0 Å². The van der Waals surface area contributed by atoms with Crippen LogP contribution < -0.4 is 5.32 Å². The zero-order valence-corrected chi connectivity index (χ0v) is 13.2. The molecule has 0 spiro atoms. The van der Waals surface area contributed by atoms with Crippen molar-refractivity contribution in [3.8, 4) is 0 Å². The van der Waals surface area contributed by atoms with Gasteiger partial charge in [0.1, 0.15) is 0 Å². The van der Waals surface area contributed by atoms with E-state index in [1.807, 2.05) is 18.7 Å². The molecule has 2 atom stereocenters. The lowest BCUT2D eigenvalue weighted by Crippen LogP contribution is -2.54. The molecule has 0 radical (unpaired) electrons. The maximum absolute atomic E-state index is 12.3. The summed E-state index contributed by atoms with van der Waals surface area (Å²) in [7, 11) is 0. The number of hydrogen-bond acceptors (Lipinski definition) is 3. The minimum Gasteiger partial charge on any atom is -0.481 e. The van der Waals surface area contributed by atoms with Crippen LogP contribution in [-0.2, 0) is 9.59 Å². The van der Waals surface area contributed by atoms with Gasteiger partial charge < -0.3 is 15.3 Å². The molecule has 1 heterocycles. The Hall–Kier alpha value is -1.10. The summed E-state index contributed by atoms with van der Waals surface area (Å²) in [6.45, 7) is 5.13. The molecule has 21 heavy (non-hydrogen) atoms. The van der Waals surface area contributed by atoms with E-state index >= 15 is 0 Å². The topological polar surface area (TPSA) is 69.6 Å². The molecule has 2 aliphatic rings. The van der Waals surface area contributed by atoms with Gasteiger partial charge in [0, 0.05) is 37.5 Å². The second kappa shape index (κ2) is 7.25. The third-order valence-corrected chi connectivity index (χ3v) is 4.63. The Morgan fingerprint density at radius 1 is 1.19 bits per heavy atom. The van der Waals surface area contributed by atoms with Gasteiger partial charge in [-0.3, -0.25) is 9.59 Å². The maximum atomic E-state index is 12.3. The molecule has 1 saturated carbocycles. The molecular weight excluding hydrogens is 268 g/mol. The first-order chi connectivity index (χ1) is 9.95. The Kier molecular flexibility index (Phi) is 5.62. The van der Waals surface area contributed by atoms with E-state index in [9.17, 15) is 9.59 Å². The average molecular weight is 296 g/mol. The van der Waals surface area contributed by atoms with Crippen LogP contribution in [-0.4, -0.2) is 47.1 Å². The summed E-state index contributed by atoms with van der Waals surface area (Å²) >= 11 is 0. The summed E-state index contributed by atoms with van der Waals surface area (Å²) in [5, 5.41) is 12.7. The number of amides is 1. The standard InChI is InChI=1S/C16H28N2O3/c1-11(2)16(21)18-9-12(8-15(19)20)7-14(10-18)17-13-5-3-4-6-13/h11-14,17H,3-10H2,1-2H3,(H,19,20). The van der Waals surface area contributed by atoms with Crippen LogP contribution in [0, 0.1) is 11.8 Å². The molecule has 1 aliphatic carbocycles. The van der Waals surface area contributed by atoms with Crippen LogP contribution in [0.25, 0.3) is 0 Å². The van der Waals surface area contributed by atoms with Crippen LogP contribution in [0.15, 0.2) is 0 Å². The van der Waals surface area contributed by atoms with Gasteiger partial charge in [-0.05, 0) is 25.2 Å². The molecule has 2 N–H and O–H groups in total. The lowest BCUT2D eigenvalue weighted by molar-refractivity contribution is -0.142. The quantitative estimate of drug-likeness (QED) is 0.812. The van der Waals surface area contributed by atoms with Gasteiger partial charge in [0.2, 0.25) is 5.91 Å². The highest BCUT2D eigenvalue weighted by Gasteiger charge is 2.33. The van der Waals surface area contributed by atoms with Gasteiger partial charge in [0.05, 0.1) is 0 Å². The lowest BCUT2D eigenvalue weighted by Gasteiger charge is -2.39. The Bertz CT molecular complexity index is 378. The predicted molar refractivity (Wildman–Crippen MR) is 81.0 cm³/mol. The van der Waals surface area contributed by atoms with Gasteiger partial charge >= 0.3 is 5.97 Å². The lowest BCUT2D eigenvalue weighted by atomic mass is 9.90. The van der Waals surface area contributed by atoms with Crippen molar-refractivity contribution in [1.82, 2.24) is 10.2 Å². The predicted octanol–water partition coefficient (Wildman–Crippen LogP) is 1.87. The van der Waals surface area contributed by atoms with E-state index in [4.69, 9.17) is 5.11 Å². The zero-order valence-electron chi connectivity index (χ0n) is 13.2. The number of carboxylic acid groups (broad SMARTS) is 1. The molecule has 0 aromatic carbocycles. The van der Waals surface area contributed by atoms with Crippen molar-refractivity contribution in [2.75, 3.05) is 13.1 Å². The Labute approximate surface area is 127 Å². The number of piperidine rings is 1. The minimum atomic E-state index is -0.765. The summed E-state index contributed by atoms with van der Waals surface area (Å²) in [6, 6.07) is 0.795. The van der Waals surface area contributed by atoms with Crippen molar-refractivity contribution in [3.05, 3.63) is 0 Å². The van der Waals surface area contributed by atoms with Crippen molar-refractivity contribution in [2.45, 2.75) is 64.5 Å². The van der Waals surface area contributed by atoms with Gasteiger partial charge in [0.25, 0.3) is 0 Å². The van der Waals surface area contributed by atoms with Gasteiger partial charge in [-0.15, -0.1) is 0 Å². The third-order valence-electron chi connectivity index (χ3n) is 4.63. The largest absolute Gasteiger partial charge is 0.481 e. The Balaban J connectivity index is 1.98. The Morgan fingerprint density at radius 3 is 2.43 bits per heavy atom. The highest BCUT2D eigenvalue weighted by atomic mass is 16.4. The summed E-state index contributed by atoms with van der Waals surface area (Å²) in [6.07, 6.45) is 5.99. The number of rotatable bonds is 5. The molecule has 2 unspecified atom stereocenters. The first-order valence-corrected chi connectivity index (χ1v) is 8.22. The van der Waals surface area contributed by atoms with Crippen molar-refractivity contribution in [3.63, 3.8) is 0 Å². The minimum absolute atomic E-state index is 0.0271. The van der Waals surface area contributed by atoms with Crippen LogP contribution in [0.1, 0.15) is 52.4 Å². The number of carbonyl (C=O) groups excluding carboxylic acids is 1. The number of carbonyl (C=O) groups is 2. The van der Waals surface area contributed by atoms with Crippen LogP contribution in [0.5, 0.6) is 0 Å². The maximum Gasteiger partial charge on any atom is 0.303 e. The van der Waals surface area contributed by atoms with Crippen molar-refractivity contribution >= 4 is 11.9 Å². The van der Waals surface area contributed by atoms with Gasteiger partial charge in [-0.2, -0.15) is 0 Å². The van der Waals surface area contributed by atoms with E-state index in [-0.39, 0.29) is 30.2 Å². The fraction of sp³-hybridized carbons (Fsp3) is 0.875. The molecule has 0 aromatic heterocycles. The molecule has 5 nitrogen and oxygen atoms in total. The van der Waals surface area contributed by atoms with E-state index in [1.165, 1.54) is 25.7 Å². The molecule has 0 aromatic rings. The number of nitrogens with one attached hydrogen (secondary N) is 1. The molecular formula is C16H28N2O3. The Morgan fingerprint density at radius 2 is 1.86 bits per heavy atom.